The molecule has 0 heterocycles. The van der Waals surface area contributed by atoms with E-state index in [0.29, 0.717) is 4.47 Å². The third-order valence-electron chi connectivity index (χ3n) is 3.03. The molecule has 0 bridgehead atoms. The minimum absolute atomic E-state index is 0.0527. The van der Waals surface area contributed by atoms with Crippen LogP contribution in [-0.2, 0) is 6.42 Å². The van der Waals surface area contributed by atoms with Gasteiger partial charge in [-0.1, -0.05) is 24.3 Å². The number of rotatable bonds is 5. The SMILES string of the molecule is Cc1ccccc1SCC(N)Cc1ccc(F)c(Br)c1. The van der Waals surface area contributed by atoms with Crippen LogP contribution in [0.3, 0.4) is 0 Å². The normalized spacial score (nSPS) is 12.4. The molecule has 0 saturated carbocycles. The molecule has 2 aromatic carbocycles. The molecule has 0 aliphatic carbocycles. The second kappa shape index (κ2) is 7.25. The highest BCUT2D eigenvalue weighted by Crippen LogP contribution is 2.23. The van der Waals surface area contributed by atoms with Gasteiger partial charge < -0.3 is 5.73 Å². The fraction of sp³-hybridized carbons (Fsp3) is 0.250. The van der Waals surface area contributed by atoms with Crippen LogP contribution in [-0.4, -0.2) is 11.8 Å². The lowest BCUT2D eigenvalue weighted by Gasteiger charge is -2.13. The first-order chi connectivity index (χ1) is 9.56. The van der Waals surface area contributed by atoms with Gasteiger partial charge in [-0.3, -0.25) is 0 Å². The number of hydrogen-bond donors (Lipinski definition) is 1. The van der Waals surface area contributed by atoms with Crippen molar-refractivity contribution in [2.75, 3.05) is 5.75 Å². The van der Waals surface area contributed by atoms with E-state index in [1.54, 1.807) is 23.9 Å². The molecule has 1 nitrogen and oxygen atoms in total. The van der Waals surface area contributed by atoms with Crippen LogP contribution in [0.2, 0.25) is 0 Å². The molecule has 20 heavy (non-hydrogen) atoms. The molecule has 0 saturated heterocycles. The molecule has 2 aromatic rings. The topological polar surface area (TPSA) is 26.0 Å². The largest absolute Gasteiger partial charge is 0.327 e. The highest BCUT2D eigenvalue weighted by Gasteiger charge is 2.08. The van der Waals surface area contributed by atoms with Gasteiger partial charge in [-0.2, -0.15) is 0 Å². The predicted molar refractivity (Wildman–Crippen MR) is 87.7 cm³/mol. The lowest BCUT2D eigenvalue weighted by Crippen LogP contribution is -2.25. The van der Waals surface area contributed by atoms with Gasteiger partial charge in [-0.25, -0.2) is 4.39 Å². The Hall–Kier alpha value is -0.840. The van der Waals surface area contributed by atoms with Crippen molar-refractivity contribution in [3.8, 4) is 0 Å². The summed E-state index contributed by atoms with van der Waals surface area (Å²) >= 11 is 4.97. The molecule has 106 valence electrons. The van der Waals surface area contributed by atoms with Gasteiger partial charge >= 0.3 is 0 Å². The van der Waals surface area contributed by atoms with Gasteiger partial charge in [0.05, 0.1) is 4.47 Å². The first kappa shape index (κ1) is 15.5. The monoisotopic (exact) mass is 353 g/mol. The van der Waals surface area contributed by atoms with Gasteiger partial charge in [0.15, 0.2) is 0 Å². The van der Waals surface area contributed by atoms with Crippen molar-refractivity contribution < 1.29 is 4.39 Å². The molecule has 4 heteroatoms. The third-order valence-corrected chi connectivity index (χ3v) is 5.00. The second-order valence-electron chi connectivity index (χ2n) is 4.79. The summed E-state index contributed by atoms with van der Waals surface area (Å²) in [6, 6.07) is 13.4. The van der Waals surface area contributed by atoms with Gasteiger partial charge in [0.2, 0.25) is 0 Å². The second-order valence-corrected chi connectivity index (χ2v) is 6.71. The van der Waals surface area contributed by atoms with Gasteiger partial charge in [0.1, 0.15) is 5.82 Å². The Morgan fingerprint density at radius 1 is 1.25 bits per heavy atom. The van der Waals surface area contributed by atoms with Crippen molar-refractivity contribution in [3.05, 3.63) is 63.9 Å². The van der Waals surface area contributed by atoms with Crippen LogP contribution in [0.4, 0.5) is 4.39 Å². The van der Waals surface area contributed by atoms with E-state index in [9.17, 15) is 4.39 Å². The first-order valence-corrected chi connectivity index (χ1v) is 8.22. The van der Waals surface area contributed by atoms with Crippen LogP contribution in [0.15, 0.2) is 51.8 Å². The molecule has 0 radical (unpaired) electrons. The molecular formula is C16H17BrFNS. The highest BCUT2D eigenvalue weighted by molar-refractivity contribution is 9.10. The summed E-state index contributed by atoms with van der Waals surface area (Å²) in [5.74, 6) is 0.608. The molecule has 0 aromatic heterocycles. The number of aryl methyl sites for hydroxylation is 1. The van der Waals surface area contributed by atoms with Crippen molar-refractivity contribution in [3.63, 3.8) is 0 Å². The van der Waals surface area contributed by atoms with Crippen LogP contribution in [0.5, 0.6) is 0 Å². The average molecular weight is 354 g/mol. The highest BCUT2D eigenvalue weighted by atomic mass is 79.9. The maximum Gasteiger partial charge on any atom is 0.137 e. The summed E-state index contributed by atoms with van der Waals surface area (Å²) in [6.07, 6.45) is 0.748. The van der Waals surface area contributed by atoms with Gasteiger partial charge in [-0.05, 0) is 58.6 Å². The average Bonchev–Trinajstić information content (AvgIpc) is 2.42. The fourth-order valence-electron chi connectivity index (χ4n) is 1.94. The van der Waals surface area contributed by atoms with E-state index < -0.39 is 0 Å². The number of thioether (sulfide) groups is 1. The molecule has 2 N–H and O–H groups in total. The maximum absolute atomic E-state index is 13.2. The van der Waals surface area contributed by atoms with Gasteiger partial charge in [-0.15, -0.1) is 11.8 Å². The fourth-order valence-corrected chi connectivity index (χ4v) is 3.35. The summed E-state index contributed by atoms with van der Waals surface area (Å²) in [7, 11) is 0. The van der Waals surface area contributed by atoms with Crippen LogP contribution < -0.4 is 5.73 Å². The molecule has 2 rings (SSSR count). The lowest BCUT2D eigenvalue weighted by molar-refractivity contribution is 0.619. The van der Waals surface area contributed by atoms with Crippen LogP contribution in [0.1, 0.15) is 11.1 Å². The molecule has 0 aliphatic rings. The molecule has 1 unspecified atom stereocenters. The van der Waals surface area contributed by atoms with E-state index in [2.05, 4.69) is 35.0 Å². The summed E-state index contributed by atoms with van der Waals surface area (Å²) in [4.78, 5) is 1.27. The third kappa shape index (κ3) is 4.33. The molecule has 0 aliphatic heterocycles. The smallest absolute Gasteiger partial charge is 0.137 e. The zero-order valence-corrected chi connectivity index (χ0v) is 13.7. The van der Waals surface area contributed by atoms with E-state index in [1.807, 2.05) is 12.1 Å². The molecular weight excluding hydrogens is 337 g/mol. The predicted octanol–water partition coefficient (Wildman–Crippen LogP) is 4.56. The maximum atomic E-state index is 13.2. The van der Waals surface area contributed by atoms with E-state index in [-0.39, 0.29) is 11.9 Å². The van der Waals surface area contributed by atoms with E-state index in [0.717, 1.165) is 17.7 Å². The van der Waals surface area contributed by atoms with Crippen molar-refractivity contribution in [1.29, 1.82) is 0 Å². The number of benzene rings is 2. The summed E-state index contributed by atoms with van der Waals surface area (Å²) in [5.41, 5.74) is 8.49. The summed E-state index contributed by atoms with van der Waals surface area (Å²) < 4.78 is 13.7. The summed E-state index contributed by atoms with van der Waals surface area (Å²) in [5, 5.41) is 0. The van der Waals surface area contributed by atoms with Crippen molar-refractivity contribution >= 4 is 27.7 Å². The number of hydrogen-bond acceptors (Lipinski definition) is 2. The van der Waals surface area contributed by atoms with Crippen LogP contribution >= 0.6 is 27.7 Å². The van der Waals surface area contributed by atoms with Crippen LogP contribution in [0, 0.1) is 12.7 Å². The zero-order valence-electron chi connectivity index (χ0n) is 11.3. The number of nitrogens with two attached hydrogens (primary N) is 1. The van der Waals surface area contributed by atoms with Gasteiger partial charge in [0, 0.05) is 16.7 Å². The zero-order chi connectivity index (χ0) is 14.5. The quantitative estimate of drug-likeness (QED) is 0.797. The van der Waals surface area contributed by atoms with Crippen molar-refractivity contribution in [2.24, 2.45) is 5.73 Å². The van der Waals surface area contributed by atoms with Crippen molar-refractivity contribution in [2.45, 2.75) is 24.3 Å². The number of halogens is 2. The lowest BCUT2D eigenvalue weighted by atomic mass is 10.1. The Kier molecular flexibility index (Phi) is 5.64. The Bertz CT molecular complexity index is 588. The van der Waals surface area contributed by atoms with Crippen LogP contribution in [0.25, 0.3) is 0 Å². The van der Waals surface area contributed by atoms with E-state index in [4.69, 9.17) is 5.73 Å². The Morgan fingerprint density at radius 2 is 2.00 bits per heavy atom. The molecule has 0 fully saturated rings. The van der Waals surface area contributed by atoms with E-state index in [1.165, 1.54) is 16.5 Å². The Morgan fingerprint density at radius 3 is 2.70 bits per heavy atom. The van der Waals surface area contributed by atoms with E-state index >= 15 is 0 Å². The summed E-state index contributed by atoms with van der Waals surface area (Å²) in [6.45, 7) is 2.10. The Labute approximate surface area is 131 Å². The standard InChI is InChI=1S/C16H17BrFNS/c1-11-4-2-3-5-16(11)20-10-13(19)8-12-6-7-15(18)14(17)9-12/h2-7,9,13H,8,10,19H2,1H3. The Balaban J connectivity index is 1.91. The molecule has 0 spiro atoms. The van der Waals surface area contributed by atoms with Crippen molar-refractivity contribution in [1.82, 2.24) is 0 Å². The molecule has 1 atom stereocenters. The first-order valence-electron chi connectivity index (χ1n) is 6.44. The minimum atomic E-state index is -0.239. The molecule has 0 amide bonds. The minimum Gasteiger partial charge on any atom is -0.327 e. The van der Waals surface area contributed by atoms with Gasteiger partial charge in [0.25, 0.3) is 0 Å².